The van der Waals surface area contributed by atoms with E-state index in [4.69, 9.17) is 15.0 Å². The first-order chi connectivity index (χ1) is 2.27. The van der Waals surface area contributed by atoms with Gasteiger partial charge in [0, 0.05) is 0 Å². The highest BCUT2D eigenvalue weighted by Gasteiger charge is 1.84. The van der Waals surface area contributed by atoms with Gasteiger partial charge in [-0.1, -0.05) is 0 Å². The molecule has 0 bridgehead atoms. The average Bonchev–Trinajstić information content (AvgIpc) is 1.38. The van der Waals surface area contributed by atoms with Crippen molar-refractivity contribution in [3.05, 3.63) is 6.61 Å². The lowest BCUT2D eigenvalue weighted by molar-refractivity contribution is -0.136. The van der Waals surface area contributed by atoms with Crippen molar-refractivity contribution >= 4 is 5.97 Å². The molecule has 0 aromatic rings. The SMILES string of the molecule is O=C(O)[CH]O. The summed E-state index contributed by atoms with van der Waals surface area (Å²) >= 11 is 0. The molecule has 0 amide bonds. The van der Waals surface area contributed by atoms with Crippen LogP contribution in [0.4, 0.5) is 0 Å². The zero-order valence-corrected chi connectivity index (χ0v) is 2.38. The number of aliphatic hydroxyl groups excluding tert-OH is 1. The van der Waals surface area contributed by atoms with Crippen molar-refractivity contribution in [2.75, 3.05) is 0 Å². The maximum Gasteiger partial charge on any atom is 0.335 e. The Balaban J connectivity index is 2.85. The number of carboxylic acids is 1. The molecule has 0 aliphatic carbocycles. The van der Waals surface area contributed by atoms with Gasteiger partial charge in [-0.05, 0) is 0 Å². The quantitative estimate of drug-likeness (QED) is 0.446. The Hall–Kier alpha value is -0.570. The van der Waals surface area contributed by atoms with Gasteiger partial charge in [-0.25, -0.2) is 4.79 Å². The van der Waals surface area contributed by atoms with E-state index in [0.717, 1.165) is 0 Å². The first-order valence-corrected chi connectivity index (χ1v) is 0.975. The lowest BCUT2D eigenvalue weighted by Crippen LogP contribution is -1.91. The maximum atomic E-state index is 9.06. The Bertz CT molecular complexity index is 40.2. The fraction of sp³-hybridized carbons (Fsp3) is 0. The Morgan fingerprint density at radius 1 is 1.80 bits per heavy atom. The van der Waals surface area contributed by atoms with Crippen molar-refractivity contribution in [3.8, 4) is 0 Å². The highest BCUT2D eigenvalue weighted by Crippen LogP contribution is 1.58. The first kappa shape index (κ1) is 4.43. The molecule has 0 aromatic heterocycles. The second-order valence-electron chi connectivity index (χ2n) is 0.467. The van der Waals surface area contributed by atoms with Crippen LogP contribution in [0, 0.1) is 6.61 Å². The summed E-state index contributed by atoms with van der Waals surface area (Å²) in [6.45, 7) is 0.0833. The summed E-state index contributed by atoms with van der Waals surface area (Å²) in [5, 5.41) is 14.8. The van der Waals surface area contributed by atoms with Gasteiger partial charge in [-0.2, -0.15) is 0 Å². The molecular formula is C2H3O3. The Morgan fingerprint density at radius 2 is 2.00 bits per heavy atom. The van der Waals surface area contributed by atoms with Crippen LogP contribution < -0.4 is 0 Å². The fourth-order valence-corrected chi connectivity index (χ4v) is 0. The summed E-state index contributed by atoms with van der Waals surface area (Å²) in [4.78, 5) is 9.06. The van der Waals surface area contributed by atoms with Crippen molar-refractivity contribution in [2.24, 2.45) is 0 Å². The van der Waals surface area contributed by atoms with Crippen LogP contribution in [0.5, 0.6) is 0 Å². The molecule has 0 rings (SSSR count). The maximum absolute atomic E-state index is 9.06. The first-order valence-electron chi connectivity index (χ1n) is 0.975. The predicted octanol–water partition coefficient (Wildman–Crippen LogP) is -0.395. The lowest BCUT2D eigenvalue weighted by atomic mass is 10.8. The summed E-state index contributed by atoms with van der Waals surface area (Å²) in [6.07, 6.45) is 0. The van der Waals surface area contributed by atoms with Crippen molar-refractivity contribution in [2.45, 2.75) is 0 Å². The summed E-state index contributed by atoms with van der Waals surface area (Å²) in [5.74, 6) is -1.31. The van der Waals surface area contributed by atoms with E-state index in [1.165, 1.54) is 0 Å². The molecule has 0 saturated heterocycles. The molecule has 5 heavy (non-hydrogen) atoms. The zero-order valence-electron chi connectivity index (χ0n) is 2.38. The van der Waals surface area contributed by atoms with E-state index < -0.39 is 5.97 Å². The van der Waals surface area contributed by atoms with Crippen molar-refractivity contribution < 1.29 is 15.0 Å². The summed E-state index contributed by atoms with van der Waals surface area (Å²) in [6, 6.07) is 0. The molecule has 3 nitrogen and oxygen atoms in total. The summed E-state index contributed by atoms with van der Waals surface area (Å²) < 4.78 is 0. The largest absolute Gasteiger partial charge is 0.479 e. The van der Waals surface area contributed by atoms with E-state index in [0.29, 0.717) is 0 Å². The van der Waals surface area contributed by atoms with Crippen molar-refractivity contribution in [1.82, 2.24) is 0 Å². The van der Waals surface area contributed by atoms with Crippen LogP contribution in [0.15, 0.2) is 0 Å². The predicted molar refractivity (Wildman–Crippen MR) is 13.9 cm³/mol. The highest BCUT2D eigenvalue weighted by molar-refractivity contribution is 5.74. The number of aliphatic carboxylic acids is 1. The molecule has 0 unspecified atom stereocenters. The molecule has 0 aromatic carbocycles. The van der Waals surface area contributed by atoms with E-state index >= 15 is 0 Å². The minimum atomic E-state index is -1.31. The standard InChI is InChI=1S/C2H3O3/c3-1-2(4)5/h1,3H,(H,4,5). The van der Waals surface area contributed by atoms with Gasteiger partial charge >= 0.3 is 5.97 Å². The van der Waals surface area contributed by atoms with Crippen LogP contribution in [-0.2, 0) is 4.79 Å². The van der Waals surface area contributed by atoms with Gasteiger partial charge in [0.1, 0.15) is 0 Å². The van der Waals surface area contributed by atoms with E-state index in [9.17, 15) is 0 Å². The van der Waals surface area contributed by atoms with Gasteiger partial charge in [0.2, 0.25) is 0 Å². The molecule has 0 aliphatic rings. The molecule has 0 saturated carbocycles. The van der Waals surface area contributed by atoms with E-state index in [1.807, 2.05) is 0 Å². The molecule has 29 valence electrons. The molecule has 0 heterocycles. The third kappa shape index (κ3) is 3.43. The molecule has 0 atom stereocenters. The van der Waals surface area contributed by atoms with Crippen LogP contribution >= 0.6 is 0 Å². The molecule has 0 aliphatic heterocycles. The molecule has 0 fully saturated rings. The number of carbonyl (C=O) groups is 1. The molecule has 3 heteroatoms. The summed E-state index contributed by atoms with van der Waals surface area (Å²) in [5.41, 5.74) is 0. The lowest BCUT2D eigenvalue weighted by Gasteiger charge is -1.70. The number of aliphatic hydroxyl groups is 1. The van der Waals surface area contributed by atoms with E-state index in [1.54, 1.807) is 0 Å². The summed E-state index contributed by atoms with van der Waals surface area (Å²) in [7, 11) is 0. The second kappa shape index (κ2) is 1.72. The van der Waals surface area contributed by atoms with Gasteiger partial charge in [-0.15, -0.1) is 0 Å². The van der Waals surface area contributed by atoms with Crippen LogP contribution in [-0.4, -0.2) is 16.2 Å². The Morgan fingerprint density at radius 3 is 2.00 bits per heavy atom. The smallest absolute Gasteiger partial charge is 0.335 e. The Labute approximate surface area is 28.9 Å². The molecule has 2 N–H and O–H groups in total. The highest BCUT2D eigenvalue weighted by atomic mass is 16.4. The molecule has 1 radical (unpaired) electrons. The van der Waals surface area contributed by atoms with Gasteiger partial charge in [0.15, 0.2) is 6.61 Å². The normalized spacial score (nSPS) is 7.40. The van der Waals surface area contributed by atoms with Gasteiger partial charge in [0.25, 0.3) is 0 Å². The molecular weight excluding hydrogens is 72.0 g/mol. The minimum absolute atomic E-state index is 0.0833. The van der Waals surface area contributed by atoms with Gasteiger partial charge in [-0.3, -0.25) is 0 Å². The van der Waals surface area contributed by atoms with E-state index in [2.05, 4.69) is 0 Å². The van der Waals surface area contributed by atoms with Crippen LogP contribution in [0.2, 0.25) is 0 Å². The Kier molecular flexibility index (Phi) is 1.53. The van der Waals surface area contributed by atoms with Crippen molar-refractivity contribution in [3.63, 3.8) is 0 Å². The van der Waals surface area contributed by atoms with Crippen LogP contribution in [0.25, 0.3) is 0 Å². The topological polar surface area (TPSA) is 57.5 Å². The number of carboxylic acid groups (broad SMARTS) is 1. The van der Waals surface area contributed by atoms with Crippen LogP contribution in [0.1, 0.15) is 0 Å². The van der Waals surface area contributed by atoms with E-state index in [-0.39, 0.29) is 6.61 Å². The molecule has 0 spiro atoms. The van der Waals surface area contributed by atoms with Gasteiger partial charge < -0.3 is 10.2 Å². The van der Waals surface area contributed by atoms with Gasteiger partial charge in [0.05, 0.1) is 0 Å². The average molecular weight is 75.0 g/mol. The van der Waals surface area contributed by atoms with Crippen molar-refractivity contribution in [1.29, 1.82) is 0 Å². The van der Waals surface area contributed by atoms with Crippen LogP contribution in [0.3, 0.4) is 0 Å². The second-order valence-corrected chi connectivity index (χ2v) is 0.467. The monoisotopic (exact) mass is 75.0 g/mol. The number of rotatable bonds is 1. The minimum Gasteiger partial charge on any atom is -0.479 e. The number of hydrogen-bond acceptors (Lipinski definition) is 2. The zero-order chi connectivity index (χ0) is 4.28. The third-order valence-corrected chi connectivity index (χ3v) is 0.110. The number of hydrogen-bond donors (Lipinski definition) is 2. The fourth-order valence-electron chi connectivity index (χ4n) is 0. The third-order valence-electron chi connectivity index (χ3n) is 0.110.